The first-order valence-corrected chi connectivity index (χ1v) is 3.35. The third-order valence-electron chi connectivity index (χ3n) is 1.40. The molecule has 0 bridgehead atoms. The Morgan fingerprint density at radius 2 is 2.10 bits per heavy atom. The Kier molecular flexibility index (Phi) is 4.30. The molecule has 3 heteroatoms. The lowest BCUT2D eigenvalue weighted by Gasteiger charge is -2.13. The molecule has 1 unspecified atom stereocenters. The fraction of sp³-hybridized carbons (Fsp3) is 0.714. The Hall–Kier alpha value is -1.04. The van der Waals surface area contributed by atoms with Gasteiger partial charge in [0.25, 0.3) is 0 Å². The summed E-state index contributed by atoms with van der Waals surface area (Å²) < 4.78 is 0. The van der Waals surface area contributed by atoms with Gasteiger partial charge >= 0.3 is 0 Å². The molecule has 56 valence electrons. The summed E-state index contributed by atoms with van der Waals surface area (Å²) in [5, 5.41) is 11.8. The zero-order valence-electron chi connectivity index (χ0n) is 6.63. The number of nitrogens with zero attached hydrogens (tertiary/aromatic N) is 2. The van der Waals surface area contributed by atoms with Gasteiger partial charge in [-0.15, -0.1) is 0 Å². The molecule has 0 aromatic carbocycles. The first kappa shape index (κ1) is 8.96. The van der Waals surface area contributed by atoms with Crippen LogP contribution in [0.2, 0.25) is 0 Å². The zero-order chi connectivity index (χ0) is 7.98. The summed E-state index contributed by atoms with van der Waals surface area (Å²) in [7, 11) is 0. The number of hydrazone groups is 1. The summed E-state index contributed by atoms with van der Waals surface area (Å²) in [6, 6.07) is 2.13. The molecule has 0 aliphatic heterocycles. The number of nitrogens with one attached hydrogen (secondary N) is 1. The zero-order valence-corrected chi connectivity index (χ0v) is 6.63. The number of hydrogen-bond acceptors (Lipinski definition) is 3. The van der Waals surface area contributed by atoms with E-state index < -0.39 is 0 Å². The first-order valence-electron chi connectivity index (χ1n) is 3.35. The van der Waals surface area contributed by atoms with Gasteiger partial charge in [0.05, 0.1) is 0 Å². The monoisotopic (exact) mass is 139 g/mol. The third kappa shape index (κ3) is 3.90. The standard InChI is InChI=1S/C7H13N3/c1-6(2)7(3)10-9-5-4-8/h5-7,10H,1-3H3/b9-5+. The van der Waals surface area contributed by atoms with Crippen molar-refractivity contribution in [3.05, 3.63) is 0 Å². The second-order valence-corrected chi connectivity index (χ2v) is 2.55. The predicted octanol–water partition coefficient (Wildman–Crippen LogP) is 1.13. The third-order valence-corrected chi connectivity index (χ3v) is 1.40. The van der Waals surface area contributed by atoms with Crippen LogP contribution in [0.5, 0.6) is 0 Å². The molecule has 0 spiro atoms. The van der Waals surface area contributed by atoms with Gasteiger partial charge in [-0.1, -0.05) is 13.8 Å². The molecule has 0 amide bonds. The van der Waals surface area contributed by atoms with E-state index in [0.717, 1.165) is 0 Å². The van der Waals surface area contributed by atoms with Crippen molar-refractivity contribution >= 4 is 6.21 Å². The summed E-state index contributed by atoms with van der Waals surface area (Å²) in [5.74, 6) is 0.538. The van der Waals surface area contributed by atoms with E-state index in [-0.39, 0.29) is 0 Å². The Balaban J connectivity index is 3.51. The van der Waals surface area contributed by atoms with Crippen molar-refractivity contribution in [3.63, 3.8) is 0 Å². The van der Waals surface area contributed by atoms with Gasteiger partial charge in [0.2, 0.25) is 0 Å². The second-order valence-electron chi connectivity index (χ2n) is 2.55. The van der Waals surface area contributed by atoms with Gasteiger partial charge in [-0.3, -0.25) is 0 Å². The molecular weight excluding hydrogens is 126 g/mol. The van der Waals surface area contributed by atoms with Crippen LogP contribution >= 0.6 is 0 Å². The molecule has 0 fully saturated rings. The van der Waals surface area contributed by atoms with E-state index in [1.807, 2.05) is 13.0 Å². The normalized spacial score (nSPS) is 13.5. The maximum Gasteiger partial charge on any atom is 0.124 e. The second kappa shape index (κ2) is 4.80. The van der Waals surface area contributed by atoms with E-state index in [1.165, 1.54) is 6.21 Å². The van der Waals surface area contributed by atoms with Gasteiger partial charge in [-0.05, 0) is 12.8 Å². The molecule has 1 atom stereocenters. The molecule has 3 nitrogen and oxygen atoms in total. The van der Waals surface area contributed by atoms with Gasteiger partial charge in [0.15, 0.2) is 0 Å². The molecule has 0 saturated carbocycles. The van der Waals surface area contributed by atoms with E-state index in [9.17, 15) is 0 Å². The fourth-order valence-corrected chi connectivity index (χ4v) is 0.333. The number of nitriles is 1. The predicted molar refractivity (Wildman–Crippen MR) is 41.5 cm³/mol. The average molecular weight is 139 g/mol. The fourth-order valence-electron chi connectivity index (χ4n) is 0.333. The Labute approximate surface area is 61.7 Å². The molecule has 0 heterocycles. The average Bonchev–Trinajstić information content (AvgIpc) is 1.88. The van der Waals surface area contributed by atoms with Crippen LogP contribution in [-0.2, 0) is 0 Å². The van der Waals surface area contributed by atoms with Crippen LogP contribution in [-0.4, -0.2) is 12.3 Å². The Morgan fingerprint density at radius 3 is 2.50 bits per heavy atom. The molecule has 0 radical (unpaired) electrons. The molecule has 1 N–H and O–H groups in total. The molecule has 0 aromatic rings. The Morgan fingerprint density at radius 1 is 1.50 bits per heavy atom. The highest BCUT2D eigenvalue weighted by molar-refractivity contribution is 5.74. The van der Waals surface area contributed by atoms with Gasteiger partial charge in [-0.25, -0.2) is 0 Å². The molecule has 0 aliphatic rings. The van der Waals surface area contributed by atoms with Crippen molar-refractivity contribution < 1.29 is 0 Å². The van der Waals surface area contributed by atoms with Crippen LogP contribution in [0.25, 0.3) is 0 Å². The SMILES string of the molecule is CC(C)C(C)N/N=C/C#N. The minimum atomic E-state index is 0.324. The number of rotatable bonds is 3. The van der Waals surface area contributed by atoms with Crippen LogP contribution in [0.1, 0.15) is 20.8 Å². The molecule has 0 aromatic heterocycles. The van der Waals surface area contributed by atoms with Crippen molar-refractivity contribution in [1.29, 1.82) is 5.26 Å². The maximum absolute atomic E-state index is 8.08. The van der Waals surface area contributed by atoms with Crippen molar-refractivity contribution in [2.24, 2.45) is 11.0 Å². The van der Waals surface area contributed by atoms with Gasteiger partial charge in [0.1, 0.15) is 12.3 Å². The van der Waals surface area contributed by atoms with Crippen LogP contribution in [0.4, 0.5) is 0 Å². The van der Waals surface area contributed by atoms with E-state index in [0.29, 0.717) is 12.0 Å². The quantitative estimate of drug-likeness (QED) is 0.470. The minimum absolute atomic E-state index is 0.324. The van der Waals surface area contributed by atoms with Crippen molar-refractivity contribution in [2.75, 3.05) is 0 Å². The Bertz CT molecular complexity index is 143. The molecule has 0 aliphatic carbocycles. The highest BCUT2D eigenvalue weighted by atomic mass is 15.3. The molecular formula is C7H13N3. The van der Waals surface area contributed by atoms with Crippen LogP contribution < -0.4 is 5.43 Å². The van der Waals surface area contributed by atoms with E-state index in [4.69, 9.17) is 5.26 Å². The van der Waals surface area contributed by atoms with Crippen LogP contribution in [0, 0.1) is 17.2 Å². The van der Waals surface area contributed by atoms with Gasteiger partial charge < -0.3 is 5.43 Å². The van der Waals surface area contributed by atoms with Gasteiger partial charge in [-0.2, -0.15) is 10.4 Å². The van der Waals surface area contributed by atoms with Crippen molar-refractivity contribution in [1.82, 2.24) is 5.43 Å². The lowest BCUT2D eigenvalue weighted by Crippen LogP contribution is -2.26. The first-order chi connectivity index (χ1) is 4.68. The topological polar surface area (TPSA) is 48.2 Å². The summed E-state index contributed by atoms with van der Waals surface area (Å²) in [6.07, 6.45) is 1.19. The molecule has 0 rings (SSSR count). The largest absolute Gasteiger partial charge is 0.306 e. The summed E-state index contributed by atoms with van der Waals surface area (Å²) in [4.78, 5) is 0. The minimum Gasteiger partial charge on any atom is -0.306 e. The maximum atomic E-state index is 8.08. The van der Waals surface area contributed by atoms with Gasteiger partial charge in [0, 0.05) is 6.04 Å². The highest BCUT2D eigenvalue weighted by Gasteiger charge is 2.02. The van der Waals surface area contributed by atoms with E-state index >= 15 is 0 Å². The summed E-state index contributed by atoms with van der Waals surface area (Å²) in [6.45, 7) is 6.22. The molecule has 0 saturated heterocycles. The van der Waals surface area contributed by atoms with Crippen LogP contribution in [0.3, 0.4) is 0 Å². The van der Waals surface area contributed by atoms with Crippen LogP contribution in [0.15, 0.2) is 5.10 Å². The number of hydrogen-bond donors (Lipinski definition) is 1. The van der Waals surface area contributed by atoms with Crippen molar-refractivity contribution in [2.45, 2.75) is 26.8 Å². The smallest absolute Gasteiger partial charge is 0.124 e. The molecule has 10 heavy (non-hydrogen) atoms. The highest BCUT2D eigenvalue weighted by Crippen LogP contribution is 1.98. The summed E-state index contributed by atoms with van der Waals surface area (Å²) >= 11 is 0. The lowest BCUT2D eigenvalue weighted by atomic mass is 10.1. The summed E-state index contributed by atoms with van der Waals surface area (Å²) in [5.41, 5.74) is 2.83. The lowest BCUT2D eigenvalue weighted by molar-refractivity contribution is 0.440. The van der Waals surface area contributed by atoms with E-state index in [2.05, 4.69) is 24.4 Å². The van der Waals surface area contributed by atoms with E-state index in [1.54, 1.807) is 0 Å². The van der Waals surface area contributed by atoms with Crippen molar-refractivity contribution in [3.8, 4) is 6.07 Å².